The lowest BCUT2D eigenvalue weighted by Crippen LogP contribution is -2.31. The molecule has 0 amide bonds. The van der Waals surface area contributed by atoms with E-state index in [-0.39, 0.29) is 0 Å². The van der Waals surface area contributed by atoms with Crippen LogP contribution in [-0.4, -0.2) is 35.2 Å². The zero-order valence-corrected chi connectivity index (χ0v) is 19.2. The second kappa shape index (κ2) is 19.1. The van der Waals surface area contributed by atoms with Gasteiger partial charge in [-0.15, -0.1) is 0 Å². The Labute approximate surface area is 182 Å². The van der Waals surface area contributed by atoms with Gasteiger partial charge in [-0.05, 0) is 26.7 Å². The second-order valence-electron chi connectivity index (χ2n) is 7.93. The molecule has 2 atom stereocenters. The maximum atomic E-state index is 11.7. The van der Waals surface area contributed by atoms with Crippen molar-refractivity contribution in [3.05, 3.63) is 12.2 Å². The van der Waals surface area contributed by atoms with Crippen LogP contribution in [0.15, 0.2) is 12.2 Å². The fraction of sp³-hybridized carbons (Fsp3) is 0.792. The van der Waals surface area contributed by atoms with Crippen LogP contribution in [0, 0.1) is 0 Å². The van der Waals surface area contributed by atoms with E-state index < -0.39 is 30.1 Å². The summed E-state index contributed by atoms with van der Waals surface area (Å²) in [5.41, 5.74) is 0. The van der Waals surface area contributed by atoms with Gasteiger partial charge in [0.15, 0.2) is 12.2 Å². The molecule has 2 unspecified atom stereocenters. The van der Waals surface area contributed by atoms with Crippen LogP contribution in [0.2, 0.25) is 0 Å². The van der Waals surface area contributed by atoms with Crippen molar-refractivity contribution in [3.8, 4) is 0 Å². The molecule has 0 aromatic carbocycles. The van der Waals surface area contributed by atoms with E-state index in [2.05, 4.69) is 11.7 Å². The summed E-state index contributed by atoms with van der Waals surface area (Å²) in [6.07, 6.45) is 18.3. The molecule has 0 radical (unpaired) electrons. The molecule has 6 heteroatoms. The molecule has 0 aromatic heterocycles. The summed E-state index contributed by atoms with van der Waals surface area (Å²) in [6, 6.07) is 0. The van der Waals surface area contributed by atoms with Gasteiger partial charge in [-0.25, -0.2) is 14.4 Å². The first-order chi connectivity index (χ1) is 14.4. The van der Waals surface area contributed by atoms with Crippen molar-refractivity contribution < 1.29 is 29.0 Å². The zero-order valence-electron chi connectivity index (χ0n) is 19.2. The number of aliphatic carboxylic acids is 1. The van der Waals surface area contributed by atoms with Crippen molar-refractivity contribution in [1.29, 1.82) is 0 Å². The number of esters is 2. The van der Waals surface area contributed by atoms with Gasteiger partial charge in [0.1, 0.15) is 0 Å². The minimum absolute atomic E-state index is 0.628. The number of carbonyl (C=O) groups is 3. The third-order valence-electron chi connectivity index (χ3n) is 4.99. The molecule has 0 spiro atoms. The van der Waals surface area contributed by atoms with Crippen LogP contribution in [-0.2, 0) is 23.9 Å². The molecule has 6 nitrogen and oxygen atoms in total. The summed E-state index contributed by atoms with van der Waals surface area (Å²) in [6.45, 7) is 4.85. The Kier molecular flexibility index (Phi) is 18.0. The lowest BCUT2D eigenvalue weighted by molar-refractivity contribution is -0.173. The summed E-state index contributed by atoms with van der Waals surface area (Å²) < 4.78 is 9.58. The standard InChI is InChI=1S/C24H42O6/c1-4-5-6-7-8-9-10-11-12-13-14-15-16-17-18-19-22(25)29-21(3)24(28)30-20(2)23(26)27/h18-21H,4-17H2,1-3H3,(H,26,27). The average molecular weight is 427 g/mol. The third-order valence-corrected chi connectivity index (χ3v) is 4.99. The Morgan fingerprint density at radius 2 is 1.20 bits per heavy atom. The highest BCUT2D eigenvalue weighted by Gasteiger charge is 2.23. The number of rotatable bonds is 19. The molecule has 0 saturated carbocycles. The van der Waals surface area contributed by atoms with Gasteiger partial charge >= 0.3 is 17.9 Å². The Hall–Kier alpha value is -1.85. The molecular formula is C24H42O6. The molecule has 0 heterocycles. The number of unbranched alkanes of at least 4 members (excludes halogenated alkanes) is 13. The van der Waals surface area contributed by atoms with Crippen LogP contribution < -0.4 is 0 Å². The van der Waals surface area contributed by atoms with Crippen LogP contribution >= 0.6 is 0 Å². The maximum absolute atomic E-state index is 11.7. The molecule has 0 aliphatic carbocycles. The average Bonchev–Trinajstić information content (AvgIpc) is 2.70. The quantitative estimate of drug-likeness (QED) is 0.155. The van der Waals surface area contributed by atoms with Gasteiger partial charge in [0.25, 0.3) is 0 Å². The SMILES string of the molecule is CCCCCCCCCCCCCCCC=CC(=O)OC(C)C(=O)OC(C)C(=O)O. The summed E-state index contributed by atoms with van der Waals surface area (Å²) in [5.74, 6) is -2.75. The molecule has 0 aliphatic heterocycles. The van der Waals surface area contributed by atoms with Crippen LogP contribution in [0.25, 0.3) is 0 Å². The number of hydrogen-bond donors (Lipinski definition) is 1. The summed E-state index contributed by atoms with van der Waals surface area (Å²) in [7, 11) is 0. The molecule has 0 saturated heterocycles. The van der Waals surface area contributed by atoms with Gasteiger partial charge in [-0.2, -0.15) is 0 Å². The molecule has 1 N–H and O–H groups in total. The van der Waals surface area contributed by atoms with Gasteiger partial charge in [-0.1, -0.05) is 90.0 Å². The lowest BCUT2D eigenvalue weighted by atomic mass is 10.0. The number of ether oxygens (including phenoxy) is 2. The van der Waals surface area contributed by atoms with E-state index in [0.29, 0.717) is 0 Å². The van der Waals surface area contributed by atoms with Crippen LogP contribution in [0.4, 0.5) is 0 Å². The van der Waals surface area contributed by atoms with Crippen molar-refractivity contribution in [2.75, 3.05) is 0 Å². The number of carbonyl (C=O) groups excluding carboxylic acids is 2. The second-order valence-corrected chi connectivity index (χ2v) is 7.93. The van der Waals surface area contributed by atoms with E-state index in [1.165, 1.54) is 90.6 Å². The first-order valence-corrected chi connectivity index (χ1v) is 11.7. The molecule has 0 aliphatic rings. The van der Waals surface area contributed by atoms with Crippen LogP contribution in [0.5, 0.6) is 0 Å². The predicted molar refractivity (Wildman–Crippen MR) is 118 cm³/mol. The van der Waals surface area contributed by atoms with E-state index in [9.17, 15) is 14.4 Å². The van der Waals surface area contributed by atoms with Crippen LogP contribution in [0.3, 0.4) is 0 Å². The van der Waals surface area contributed by atoms with E-state index in [1.807, 2.05) is 0 Å². The fourth-order valence-electron chi connectivity index (χ4n) is 3.04. The van der Waals surface area contributed by atoms with Gasteiger partial charge in [0.2, 0.25) is 0 Å². The minimum Gasteiger partial charge on any atom is -0.479 e. The van der Waals surface area contributed by atoms with Crippen molar-refractivity contribution >= 4 is 17.9 Å². The van der Waals surface area contributed by atoms with E-state index >= 15 is 0 Å². The van der Waals surface area contributed by atoms with E-state index in [1.54, 1.807) is 6.08 Å². The highest BCUT2D eigenvalue weighted by atomic mass is 16.6. The minimum atomic E-state index is -1.27. The smallest absolute Gasteiger partial charge is 0.348 e. The summed E-state index contributed by atoms with van der Waals surface area (Å²) >= 11 is 0. The molecule has 30 heavy (non-hydrogen) atoms. The Morgan fingerprint density at radius 1 is 0.733 bits per heavy atom. The zero-order chi connectivity index (χ0) is 22.6. The monoisotopic (exact) mass is 426 g/mol. The summed E-state index contributed by atoms with van der Waals surface area (Å²) in [4.78, 5) is 33.9. The number of carboxylic acids is 1. The van der Waals surface area contributed by atoms with E-state index in [0.717, 1.165) is 19.3 Å². The number of hydrogen-bond acceptors (Lipinski definition) is 5. The Bertz CT molecular complexity index is 500. The fourth-order valence-corrected chi connectivity index (χ4v) is 3.04. The number of carboxylic acid groups (broad SMARTS) is 1. The van der Waals surface area contributed by atoms with Gasteiger partial charge in [0.05, 0.1) is 0 Å². The molecule has 174 valence electrons. The lowest BCUT2D eigenvalue weighted by Gasteiger charge is -2.13. The van der Waals surface area contributed by atoms with Gasteiger partial charge < -0.3 is 14.6 Å². The van der Waals surface area contributed by atoms with Crippen molar-refractivity contribution in [3.63, 3.8) is 0 Å². The van der Waals surface area contributed by atoms with Crippen molar-refractivity contribution in [2.24, 2.45) is 0 Å². The Morgan fingerprint density at radius 3 is 1.67 bits per heavy atom. The van der Waals surface area contributed by atoms with Crippen molar-refractivity contribution in [1.82, 2.24) is 0 Å². The van der Waals surface area contributed by atoms with Crippen LogP contribution in [0.1, 0.15) is 111 Å². The largest absolute Gasteiger partial charge is 0.479 e. The highest BCUT2D eigenvalue weighted by Crippen LogP contribution is 2.13. The summed E-state index contributed by atoms with van der Waals surface area (Å²) in [5, 5.41) is 8.70. The first-order valence-electron chi connectivity index (χ1n) is 11.7. The Balaban J connectivity index is 3.58. The predicted octanol–water partition coefficient (Wildman–Crippen LogP) is 5.97. The first kappa shape index (κ1) is 28.1. The molecule has 0 rings (SSSR count). The highest BCUT2D eigenvalue weighted by molar-refractivity contribution is 5.86. The topological polar surface area (TPSA) is 89.9 Å². The molecular weight excluding hydrogens is 384 g/mol. The maximum Gasteiger partial charge on any atom is 0.348 e. The molecule has 0 bridgehead atoms. The normalized spacial score (nSPS) is 13.2. The molecule has 0 aromatic rings. The van der Waals surface area contributed by atoms with Gasteiger partial charge in [-0.3, -0.25) is 0 Å². The van der Waals surface area contributed by atoms with E-state index in [4.69, 9.17) is 9.84 Å². The molecule has 0 fully saturated rings. The number of allylic oxidation sites excluding steroid dienone is 1. The van der Waals surface area contributed by atoms with Crippen molar-refractivity contribution in [2.45, 2.75) is 123 Å². The van der Waals surface area contributed by atoms with Gasteiger partial charge in [0, 0.05) is 6.08 Å². The third kappa shape index (κ3) is 17.0.